The number of carbonyl (C=O) groups is 2. The third-order valence-electron chi connectivity index (χ3n) is 6.30. The predicted octanol–water partition coefficient (Wildman–Crippen LogP) is 4.69. The molecule has 1 aliphatic rings. The van der Waals surface area contributed by atoms with Gasteiger partial charge in [-0.2, -0.15) is 0 Å². The van der Waals surface area contributed by atoms with E-state index in [1.54, 1.807) is 6.92 Å². The molecule has 2 aromatic carbocycles. The quantitative estimate of drug-likeness (QED) is 0.413. The highest BCUT2D eigenvalue weighted by Gasteiger charge is 2.25. The molecule has 8 heteroatoms. The maximum absolute atomic E-state index is 12.6. The molecule has 1 amide bonds. The first-order valence-corrected chi connectivity index (χ1v) is 12.7. The van der Waals surface area contributed by atoms with Gasteiger partial charge < -0.3 is 14.5 Å². The molecule has 2 heterocycles. The summed E-state index contributed by atoms with van der Waals surface area (Å²) in [6.45, 7) is 6.58. The average molecular weight is 507 g/mol. The van der Waals surface area contributed by atoms with Gasteiger partial charge in [-0.3, -0.25) is 9.59 Å². The molecule has 0 bridgehead atoms. The Morgan fingerprint density at radius 1 is 0.944 bits per heavy atom. The Morgan fingerprint density at radius 3 is 2.31 bits per heavy atom. The van der Waals surface area contributed by atoms with Crippen molar-refractivity contribution in [2.24, 2.45) is 0 Å². The first-order valence-electron chi connectivity index (χ1n) is 12.3. The summed E-state index contributed by atoms with van der Waals surface area (Å²) in [4.78, 5) is 38.2. The number of carbonyl (C=O) groups excluding carboxylic acids is 2. The van der Waals surface area contributed by atoms with Crippen LogP contribution in [0.5, 0.6) is 0 Å². The fourth-order valence-corrected chi connectivity index (χ4v) is 4.47. The maximum atomic E-state index is 12.6. The van der Waals surface area contributed by atoms with Crippen LogP contribution in [0.25, 0.3) is 11.4 Å². The second-order valence-electron chi connectivity index (χ2n) is 8.78. The van der Waals surface area contributed by atoms with Crippen molar-refractivity contribution in [2.45, 2.75) is 33.1 Å². The van der Waals surface area contributed by atoms with Crippen molar-refractivity contribution in [3.05, 3.63) is 76.4 Å². The number of benzene rings is 2. The number of amides is 1. The van der Waals surface area contributed by atoms with Gasteiger partial charge in [-0.05, 0) is 31.5 Å². The molecule has 1 aromatic heterocycles. The minimum absolute atomic E-state index is 0.0204. The van der Waals surface area contributed by atoms with Crippen LogP contribution in [-0.4, -0.2) is 59.5 Å². The second-order valence-corrected chi connectivity index (χ2v) is 9.21. The van der Waals surface area contributed by atoms with Gasteiger partial charge in [0.2, 0.25) is 5.91 Å². The molecule has 1 saturated heterocycles. The molecule has 0 unspecified atom stereocenters. The SMILES string of the molecule is CCOC(=O)CCC(=O)N1CCN(c2nc(-c3ccccc3)nc(C)c2Cc2ccc(Cl)cc2)CC1. The Morgan fingerprint density at radius 2 is 1.64 bits per heavy atom. The Kier molecular flexibility index (Phi) is 8.54. The van der Waals surface area contributed by atoms with Gasteiger partial charge in [0.15, 0.2) is 5.82 Å². The zero-order valence-corrected chi connectivity index (χ0v) is 21.5. The predicted molar refractivity (Wildman–Crippen MR) is 141 cm³/mol. The van der Waals surface area contributed by atoms with E-state index in [-0.39, 0.29) is 24.7 Å². The summed E-state index contributed by atoms with van der Waals surface area (Å²) in [5.74, 6) is 1.24. The lowest BCUT2D eigenvalue weighted by atomic mass is 10.0. The van der Waals surface area contributed by atoms with Crippen molar-refractivity contribution < 1.29 is 14.3 Å². The zero-order chi connectivity index (χ0) is 25.5. The number of aryl methyl sites for hydroxylation is 1. The molecule has 0 atom stereocenters. The number of ether oxygens (including phenoxy) is 1. The number of aromatic nitrogens is 2. The van der Waals surface area contributed by atoms with Gasteiger partial charge in [0.25, 0.3) is 0 Å². The van der Waals surface area contributed by atoms with Crippen LogP contribution in [0.15, 0.2) is 54.6 Å². The largest absolute Gasteiger partial charge is 0.466 e. The lowest BCUT2D eigenvalue weighted by Crippen LogP contribution is -2.49. The molecule has 0 aliphatic carbocycles. The van der Waals surface area contributed by atoms with E-state index in [9.17, 15) is 9.59 Å². The fourth-order valence-electron chi connectivity index (χ4n) is 4.34. The number of rotatable bonds is 8. The number of halogens is 1. The first kappa shape index (κ1) is 25.6. The summed E-state index contributed by atoms with van der Waals surface area (Å²) in [5.41, 5.74) is 4.10. The summed E-state index contributed by atoms with van der Waals surface area (Å²) in [7, 11) is 0. The van der Waals surface area contributed by atoms with Gasteiger partial charge in [-0.25, -0.2) is 9.97 Å². The summed E-state index contributed by atoms with van der Waals surface area (Å²) in [6, 6.07) is 17.8. The zero-order valence-electron chi connectivity index (χ0n) is 20.7. The van der Waals surface area contributed by atoms with Crippen LogP contribution in [0, 0.1) is 6.92 Å². The lowest BCUT2D eigenvalue weighted by molar-refractivity contribution is -0.145. The normalized spacial score (nSPS) is 13.5. The highest BCUT2D eigenvalue weighted by molar-refractivity contribution is 6.30. The number of anilines is 1. The molecule has 188 valence electrons. The van der Waals surface area contributed by atoms with Crippen LogP contribution in [-0.2, 0) is 20.7 Å². The number of hydrogen-bond donors (Lipinski definition) is 0. The third kappa shape index (κ3) is 6.40. The molecule has 0 spiro atoms. The van der Waals surface area contributed by atoms with Gasteiger partial charge in [0.05, 0.1) is 13.0 Å². The molecule has 0 saturated carbocycles. The van der Waals surface area contributed by atoms with Gasteiger partial charge in [-0.1, -0.05) is 54.1 Å². The standard InChI is InChI=1S/C28H31ClN4O3/c1-3-36-26(35)14-13-25(34)32-15-17-33(18-16-32)28-24(19-21-9-11-23(29)12-10-21)20(2)30-27(31-28)22-7-5-4-6-8-22/h4-12H,3,13-19H2,1-2H3. The van der Waals surface area contributed by atoms with Crippen LogP contribution in [0.2, 0.25) is 5.02 Å². The molecule has 4 rings (SSSR count). The van der Waals surface area contributed by atoms with Crippen molar-refractivity contribution in [3.8, 4) is 11.4 Å². The monoisotopic (exact) mass is 506 g/mol. The average Bonchev–Trinajstić information content (AvgIpc) is 2.90. The molecule has 1 aliphatic heterocycles. The maximum Gasteiger partial charge on any atom is 0.306 e. The van der Waals surface area contributed by atoms with Crippen molar-refractivity contribution in [3.63, 3.8) is 0 Å². The van der Waals surface area contributed by atoms with E-state index in [0.29, 0.717) is 50.1 Å². The molecule has 1 fully saturated rings. The number of piperazine rings is 1. The highest BCUT2D eigenvalue weighted by Crippen LogP contribution is 2.28. The van der Waals surface area contributed by atoms with Crippen LogP contribution in [0.4, 0.5) is 5.82 Å². The first-order chi connectivity index (χ1) is 17.4. The van der Waals surface area contributed by atoms with Gasteiger partial charge in [0, 0.05) is 60.9 Å². The Balaban J connectivity index is 1.55. The Labute approximate surface area is 217 Å². The summed E-state index contributed by atoms with van der Waals surface area (Å²) >= 11 is 6.09. The number of hydrogen-bond acceptors (Lipinski definition) is 6. The van der Waals surface area contributed by atoms with E-state index in [0.717, 1.165) is 28.2 Å². The van der Waals surface area contributed by atoms with Crippen molar-refractivity contribution >= 4 is 29.3 Å². The topological polar surface area (TPSA) is 75.6 Å². The Bertz CT molecular complexity index is 1190. The van der Waals surface area contributed by atoms with E-state index in [4.69, 9.17) is 26.3 Å². The van der Waals surface area contributed by atoms with Crippen LogP contribution in [0.1, 0.15) is 36.6 Å². The third-order valence-corrected chi connectivity index (χ3v) is 6.55. The second kappa shape index (κ2) is 12.0. The van der Waals surface area contributed by atoms with Gasteiger partial charge in [0.1, 0.15) is 5.82 Å². The lowest BCUT2D eigenvalue weighted by Gasteiger charge is -2.36. The highest BCUT2D eigenvalue weighted by atomic mass is 35.5. The van der Waals surface area contributed by atoms with E-state index in [2.05, 4.69) is 4.90 Å². The van der Waals surface area contributed by atoms with Crippen molar-refractivity contribution in [2.75, 3.05) is 37.7 Å². The molecule has 0 radical (unpaired) electrons. The number of nitrogens with zero attached hydrogens (tertiary/aromatic N) is 4. The van der Waals surface area contributed by atoms with Crippen LogP contribution < -0.4 is 4.90 Å². The molecular formula is C28H31ClN4O3. The molecule has 0 N–H and O–H groups in total. The Hall–Kier alpha value is -3.45. The van der Waals surface area contributed by atoms with E-state index in [1.807, 2.05) is 66.4 Å². The van der Waals surface area contributed by atoms with E-state index in [1.165, 1.54) is 0 Å². The minimum atomic E-state index is -0.332. The molecule has 36 heavy (non-hydrogen) atoms. The minimum Gasteiger partial charge on any atom is -0.466 e. The number of esters is 1. The van der Waals surface area contributed by atoms with Crippen LogP contribution >= 0.6 is 11.6 Å². The summed E-state index contributed by atoms with van der Waals surface area (Å²) in [5, 5.41) is 0.704. The van der Waals surface area contributed by atoms with Gasteiger partial charge >= 0.3 is 5.97 Å². The summed E-state index contributed by atoms with van der Waals surface area (Å²) in [6.07, 6.45) is 0.973. The smallest absolute Gasteiger partial charge is 0.306 e. The van der Waals surface area contributed by atoms with Crippen molar-refractivity contribution in [1.29, 1.82) is 0 Å². The van der Waals surface area contributed by atoms with Gasteiger partial charge in [-0.15, -0.1) is 0 Å². The molecule has 7 nitrogen and oxygen atoms in total. The summed E-state index contributed by atoms with van der Waals surface area (Å²) < 4.78 is 4.94. The van der Waals surface area contributed by atoms with Crippen molar-refractivity contribution in [1.82, 2.24) is 14.9 Å². The van der Waals surface area contributed by atoms with E-state index < -0.39 is 0 Å². The van der Waals surface area contributed by atoms with Crippen LogP contribution in [0.3, 0.4) is 0 Å². The molecule has 3 aromatic rings. The molecular weight excluding hydrogens is 476 g/mol. The van der Waals surface area contributed by atoms with E-state index >= 15 is 0 Å². The fraction of sp³-hybridized carbons (Fsp3) is 0.357.